The van der Waals surface area contributed by atoms with Gasteiger partial charge >= 0.3 is 5.97 Å². The number of rotatable bonds is 5. The zero-order valence-corrected chi connectivity index (χ0v) is 13.0. The summed E-state index contributed by atoms with van der Waals surface area (Å²) in [6.07, 6.45) is 3.72. The third kappa shape index (κ3) is 4.35. The minimum Gasteiger partial charge on any atom is -0.481 e. The van der Waals surface area contributed by atoms with Gasteiger partial charge in [-0.2, -0.15) is 0 Å². The third-order valence-electron chi connectivity index (χ3n) is 3.93. The summed E-state index contributed by atoms with van der Waals surface area (Å²) < 4.78 is 0. The molecule has 1 fully saturated rings. The summed E-state index contributed by atoms with van der Waals surface area (Å²) in [5, 5.41) is 12.7. The van der Waals surface area contributed by atoms with Gasteiger partial charge in [-0.1, -0.05) is 36.0 Å². The molecule has 1 aromatic rings. The van der Waals surface area contributed by atoms with Crippen LogP contribution in [0, 0.1) is 5.41 Å². The maximum absolute atomic E-state index is 12.2. The lowest BCUT2D eigenvalue weighted by Crippen LogP contribution is -2.27. The van der Waals surface area contributed by atoms with E-state index in [1.165, 1.54) is 0 Å². The van der Waals surface area contributed by atoms with Gasteiger partial charge < -0.3 is 10.4 Å². The zero-order valence-electron chi connectivity index (χ0n) is 11.5. The number of halogens is 2. The SMILES string of the molecule is O=C(O)CC1(CC(=O)Nc2cc(Cl)ccc2Cl)CCCC1. The predicted octanol–water partition coefficient (Wildman–Crippen LogP) is 4.36. The van der Waals surface area contributed by atoms with Crippen LogP contribution in [0.5, 0.6) is 0 Å². The van der Waals surface area contributed by atoms with E-state index in [-0.39, 0.29) is 18.7 Å². The molecule has 21 heavy (non-hydrogen) atoms. The highest BCUT2D eigenvalue weighted by Gasteiger charge is 2.38. The Kier molecular flexibility index (Phi) is 5.12. The van der Waals surface area contributed by atoms with E-state index >= 15 is 0 Å². The number of carboxylic acid groups (broad SMARTS) is 1. The minimum absolute atomic E-state index is 0.0314. The maximum atomic E-state index is 12.2. The summed E-state index contributed by atoms with van der Waals surface area (Å²) in [5.41, 5.74) is 0.0266. The molecular weight excluding hydrogens is 313 g/mol. The van der Waals surface area contributed by atoms with Crippen molar-refractivity contribution >= 4 is 40.8 Å². The minimum atomic E-state index is -0.856. The van der Waals surface area contributed by atoms with E-state index in [2.05, 4.69) is 5.32 Å². The Morgan fingerprint density at radius 3 is 2.48 bits per heavy atom. The number of carbonyl (C=O) groups excluding carboxylic acids is 1. The average Bonchev–Trinajstić information content (AvgIpc) is 2.80. The van der Waals surface area contributed by atoms with Gasteiger partial charge in [0.2, 0.25) is 5.91 Å². The Bertz CT molecular complexity index is 554. The fourth-order valence-electron chi connectivity index (χ4n) is 2.99. The van der Waals surface area contributed by atoms with E-state index in [4.69, 9.17) is 28.3 Å². The normalized spacial score (nSPS) is 16.7. The van der Waals surface area contributed by atoms with Gasteiger partial charge in [-0.3, -0.25) is 9.59 Å². The van der Waals surface area contributed by atoms with Crippen LogP contribution in [0.25, 0.3) is 0 Å². The van der Waals surface area contributed by atoms with Crippen LogP contribution in [-0.4, -0.2) is 17.0 Å². The number of nitrogens with one attached hydrogen (secondary N) is 1. The lowest BCUT2D eigenvalue weighted by atomic mass is 9.79. The van der Waals surface area contributed by atoms with E-state index in [0.717, 1.165) is 25.7 Å². The largest absolute Gasteiger partial charge is 0.481 e. The van der Waals surface area contributed by atoms with Gasteiger partial charge in [0.05, 0.1) is 17.1 Å². The Labute approximate surface area is 133 Å². The first-order valence-corrected chi connectivity index (χ1v) is 7.63. The lowest BCUT2D eigenvalue weighted by Gasteiger charge is -2.26. The fraction of sp³-hybridized carbons (Fsp3) is 0.467. The number of amides is 1. The molecule has 1 aliphatic carbocycles. The van der Waals surface area contributed by atoms with Gasteiger partial charge in [-0.05, 0) is 36.5 Å². The highest BCUT2D eigenvalue weighted by atomic mass is 35.5. The molecule has 1 saturated carbocycles. The molecule has 0 aromatic heterocycles. The van der Waals surface area contributed by atoms with E-state index < -0.39 is 11.4 Å². The van der Waals surface area contributed by atoms with Crippen LogP contribution < -0.4 is 5.32 Å². The van der Waals surface area contributed by atoms with Crippen LogP contribution in [0.4, 0.5) is 5.69 Å². The van der Waals surface area contributed by atoms with Crippen molar-refractivity contribution in [3.8, 4) is 0 Å². The standard InChI is InChI=1S/C15H17Cl2NO3/c16-10-3-4-11(17)12(7-10)18-13(19)8-15(9-14(20)21)5-1-2-6-15/h3-4,7H,1-2,5-6,8-9H2,(H,18,19)(H,20,21). The second-order valence-electron chi connectivity index (χ2n) is 5.63. The zero-order chi connectivity index (χ0) is 15.5. The van der Waals surface area contributed by atoms with Crippen LogP contribution in [-0.2, 0) is 9.59 Å². The first-order chi connectivity index (χ1) is 9.90. The van der Waals surface area contributed by atoms with Crippen LogP contribution >= 0.6 is 23.2 Å². The summed E-state index contributed by atoms with van der Waals surface area (Å²) in [7, 11) is 0. The molecule has 0 heterocycles. The van der Waals surface area contributed by atoms with Gasteiger partial charge in [-0.15, -0.1) is 0 Å². The summed E-state index contributed by atoms with van der Waals surface area (Å²) in [5.74, 6) is -1.08. The smallest absolute Gasteiger partial charge is 0.303 e. The molecule has 0 unspecified atom stereocenters. The van der Waals surface area contributed by atoms with Crippen LogP contribution in [0.3, 0.4) is 0 Å². The molecule has 2 rings (SSSR count). The van der Waals surface area contributed by atoms with E-state index in [9.17, 15) is 9.59 Å². The molecule has 1 aromatic carbocycles. The van der Waals surface area contributed by atoms with Crippen molar-refractivity contribution < 1.29 is 14.7 Å². The Morgan fingerprint density at radius 2 is 1.86 bits per heavy atom. The quantitative estimate of drug-likeness (QED) is 0.843. The molecule has 2 N–H and O–H groups in total. The molecule has 0 spiro atoms. The monoisotopic (exact) mass is 329 g/mol. The highest BCUT2D eigenvalue weighted by Crippen LogP contribution is 2.44. The molecule has 1 aliphatic rings. The number of carboxylic acids is 1. The molecule has 0 saturated heterocycles. The summed E-state index contributed by atoms with van der Waals surface area (Å²) in [6.45, 7) is 0. The van der Waals surface area contributed by atoms with Crippen molar-refractivity contribution in [3.05, 3.63) is 28.2 Å². The van der Waals surface area contributed by atoms with Crippen LogP contribution in [0.1, 0.15) is 38.5 Å². The van der Waals surface area contributed by atoms with Crippen molar-refractivity contribution in [2.45, 2.75) is 38.5 Å². The number of hydrogen-bond acceptors (Lipinski definition) is 2. The van der Waals surface area contributed by atoms with Crippen molar-refractivity contribution in [2.24, 2.45) is 5.41 Å². The van der Waals surface area contributed by atoms with Gasteiger partial charge in [0.1, 0.15) is 0 Å². The number of aliphatic carboxylic acids is 1. The van der Waals surface area contributed by atoms with Gasteiger partial charge in [0.15, 0.2) is 0 Å². The molecule has 4 nitrogen and oxygen atoms in total. The second-order valence-corrected chi connectivity index (χ2v) is 6.47. The van der Waals surface area contributed by atoms with E-state index in [1.54, 1.807) is 18.2 Å². The maximum Gasteiger partial charge on any atom is 0.303 e. The van der Waals surface area contributed by atoms with Crippen molar-refractivity contribution in [1.29, 1.82) is 0 Å². The van der Waals surface area contributed by atoms with Gasteiger partial charge in [-0.25, -0.2) is 0 Å². The molecule has 0 radical (unpaired) electrons. The number of carbonyl (C=O) groups is 2. The highest BCUT2D eigenvalue weighted by molar-refractivity contribution is 6.35. The van der Waals surface area contributed by atoms with Gasteiger partial charge in [0, 0.05) is 11.4 Å². The first-order valence-electron chi connectivity index (χ1n) is 6.87. The van der Waals surface area contributed by atoms with E-state index in [0.29, 0.717) is 15.7 Å². The molecule has 0 aliphatic heterocycles. The Balaban J connectivity index is 2.06. The van der Waals surface area contributed by atoms with E-state index in [1.807, 2.05) is 0 Å². The van der Waals surface area contributed by atoms with Crippen molar-refractivity contribution in [2.75, 3.05) is 5.32 Å². The first kappa shape index (κ1) is 16.1. The fourth-order valence-corrected chi connectivity index (χ4v) is 3.33. The molecule has 0 bridgehead atoms. The Hall–Kier alpha value is -1.26. The molecule has 0 atom stereocenters. The molecular formula is C15H17Cl2NO3. The summed E-state index contributed by atoms with van der Waals surface area (Å²) >= 11 is 11.9. The average molecular weight is 330 g/mol. The Morgan fingerprint density at radius 1 is 1.19 bits per heavy atom. The van der Waals surface area contributed by atoms with Crippen molar-refractivity contribution in [3.63, 3.8) is 0 Å². The number of benzene rings is 1. The predicted molar refractivity (Wildman–Crippen MR) is 82.9 cm³/mol. The van der Waals surface area contributed by atoms with Crippen LogP contribution in [0.2, 0.25) is 10.0 Å². The summed E-state index contributed by atoms with van der Waals surface area (Å²) in [4.78, 5) is 23.2. The molecule has 1 amide bonds. The third-order valence-corrected chi connectivity index (χ3v) is 4.49. The van der Waals surface area contributed by atoms with Crippen LogP contribution in [0.15, 0.2) is 18.2 Å². The summed E-state index contributed by atoms with van der Waals surface area (Å²) in [6, 6.07) is 4.84. The van der Waals surface area contributed by atoms with Crippen molar-refractivity contribution in [1.82, 2.24) is 0 Å². The lowest BCUT2D eigenvalue weighted by molar-refractivity contribution is -0.140. The molecule has 114 valence electrons. The van der Waals surface area contributed by atoms with Gasteiger partial charge in [0.25, 0.3) is 0 Å². The molecule has 6 heteroatoms. The second kappa shape index (κ2) is 6.67. The number of hydrogen-bond donors (Lipinski definition) is 2. The number of anilines is 1. The topological polar surface area (TPSA) is 66.4 Å².